The van der Waals surface area contributed by atoms with E-state index in [4.69, 9.17) is 0 Å². The van der Waals surface area contributed by atoms with E-state index in [1.165, 1.54) is 22.9 Å². The van der Waals surface area contributed by atoms with Gasteiger partial charge in [-0.05, 0) is 38.8 Å². The zero-order chi connectivity index (χ0) is 28.5. The lowest BCUT2D eigenvalue weighted by molar-refractivity contribution is -0.138. The molecule has 1 aliphatic heterocycles. The van der Waals surface area contributed by atoms with Gasteiger partial charge in [-0.2, -0.15) is 23.2 Å². The smallest absolute Gasteiger partial charge is 0.366 e. The number of nitriles is 1. The number of rotatable bonds is 7. The monoisotopic (exact) mass is 595 g/mol. The number of fused-ring (bicyclic) bond motifs is 1. The lowest BCUT2D eigenvalue weighted by Gasteiger charge is -2.38. The Kier molecular flexibility index (Phi) is 6.11. The number of alkyl halides is 3. The minimum absolute atomic E-state index is 0.00114. The van der Waals surface area contributed by atoms with Crippen LogP contribution >= 0.6 is 11.3 Å². The van der Waals surface area contributed by atoms with Crippen molar-refractivity contribution < 1.29 is 26.4 Å². The highest BCUT2D eigenvalue weighted by molar-refractivity contribution is 7.89. The van der Waals surface area contributed by atoms with Gasteiger partial charge in [0.05, 0.1) is 29.0 Å². The van der Waals surface area contributed by atoms with Gasteiger partial charge in [0.1, 0.15) is 10.4 Å². The highest BCUT2D eigenvalue weighted by atomic mass is 32.2. The molecular weight excluding hydrogens is 571 g/mol. The molecule has 212 valence electrons. The van der Waals surface area contributed by atoms with Gasteiger partial charge in [0, 0.05) is 32.4 Å². The van der Waals surface area contributed by atoms with Gasteiger partial charge in [0.15, 0.2) is 10.8 Å². The third kappa shape index (κ3) is 4.58. The van der Waals surface area contributed by atoms with Crippen molar-refractivity contribution in [2.45, 2.75) is 47.8 Å². The number of likely N-dealkylation sites (N-methyl/N-ethyl adjacent to an activating group) is 1. The largest absolute Gasteiger partial charge is 0.445 e. The maximum Gasteiger partial charge on any atom is 0.445 e. The van der Waals surface area contributed by atoms with Gasteiger partial charge < -0.3 is 15.1 Å². The Morgan fingerprint density at radius 1 is 1.15 bits per heavy atom. The van der Waals surface area contributed by atoms with E-state index in [0.717, 1.165) is 12.8 Å². The molecule has 0 spiro atoms. The predicted octanol–water partition coefficient (Wildman–Crippen LogP) is 1.61. The fourth-order valence-corrected chi connectivity index (χ4v) is 6.97. The summed E-state index contributed by atoms with van der Waals surface area (Å²) in [6.07, 6.45) is 0.327. The van der Waals surface area contributed by atoms with Crippen LogP contribution in [0.5, 0.6) is 0 Å². The van der Waals surface area contributed by atoms with E-state index in [9.17, 15) is 31.6 Å². The number of pyridine rings is 1. The summed E-state index contributed by atoms with van der Waals surface area (Å²) in [6, 6.07) is 3.46. The molecule has 3 aromatic rings. The quantitative estimate of drug-likeness (QED) is 0.416. The molecule has 40 heavy (non-hydrogen) atoms. The van der Waals surface area contributed by atoms with Crippen molar-refractivity contribution in [3.05, 3.63) is 23.5 Å². The van der Waals surface area contributed by atoms with Gasteiger partial charge in [0.2, 0.25) is 20.9 Å². The number of nitrogens with zero attached hydrogens (tertiary/aromatic N) is 7. The van der Waals surface area contributed by atoms with Crippen LogP contribution in [0.2, 0.25) is 0 Å². The molecule has 6 rings (SSSR count). The second-order valence-electron chi connectivity index (χ2n) is 10.2. The van der Waals surface area contributed by atoms with Crippen molar-refractivity contribution in [2.24, 2.45) is 0 Å². The number of aromatic nitrogens is 4. The lowest BCUT2D eigenvalue weighted by atomic mass is 10.2. The van der Waals surface area contributed by atoms with Crippen molar-refractivity contribution in [3.8, 4) is 16.9 Å². The molecule has 3 fully saturated rings. The van der Waals surface area contributed by atoms with Gasteiger partial charge in [-0.25, -0.2) is 13.4 Å². The molecule has 0 bridgehead atoms. The number of carbonyl (C=O) groups is 1. The standard InChI is InChI=1S/C23H24F3N9O3S2/c1-28-22(4-5-22)20(36)34-8-6-33(7-9-34)15-10-14(40(37,38)32-21(13-27)2-3-21)12-35-16(15)11-29-17(35)18-30-31-19(39-18)23(24,25)26/h10-12,28,32H,2-9H2,1H3. The number of imidazole rings is 1. The normalized spacial score (nSPS) is 20.0. The van der Waals surface area contributed by atoms with Crippen LogP contribution in [0.15, 0.2) is 23.4 Å². The Labute approximate surface area is 230 Å². The van der Waals surface area contributed by atoms with Gasteiger partial charge in [-0.15, -0.1) is 10.2 Å². The summed E-state index contributed by atoms with van der Waals surface area (Å²) < 4.78 is 70.2. The molecule has 12 nitrogen and oxygen atoms in total. The fraction of sp³-hybridized carbons (Fsp3) is 0.522. The third-order valence-corrected chi connectivity index (χ3v) is 10.1. The summed E-state index contributed by atoms with van der Waals surface area (Å²) in [7, 11) is -2.42. The molecule has 0 atom stereocenters. The van der Waals surface area contributed by atoms with Crippen molar-refractivity contribution in [1.82, 2.24) is 34.5 Å². The molecule has 1 saturated heterocycles. The zero-order valence-corrected chi connectivity index (χ0v) is 22.8. The minimum Gasteiger partial charge on any atom is -0.366 e. The van der Waals surface area contributed by atoms with Crippen LogP contribution in [0.3, 0.4) is 0 Å². The maximum absolute atomic E-state index is 13.4. The molecule has 1 amide bonds. The van der Waals surface area contributed by atoms with E-state index in [1.807, 2.05) is 11.0 Å². The summed E-state index contributed by atoms with van der Waals surface area (Å²) in [5.41, 5.74) is -0.755. The molecule has 3 aliphatic rings. The van der Waals surface area contributed by atoms with E-state index >= 15 is 0 Å². The van der Waals surface area contributed by atoms with Gasteiger partial charge in [0.25, 0.3) is 0 Å². The highest BCUT2D eigenvalue weighted by Crippen LogP contribution is 2.39. The first-order valence-electron chi connectivity index (χ1n) is 12.5. The van der Waals surface area contributed by atoms with Crippen LogP contribution in [0.4, 0.5) is 18.9 Å². The Morgan fingerprint density at radius 3 is 2.40 bits per heavy atom. The van der Waals surface area contributed by atoms with Crippen LogP contribution in [0.1, 0.15) is 30.7 Å². The molecule has 3 aromatic heterocycles. The number of hydrogen-bond acceptors (Lipinski definition) is 10. The third-order valence-electron chi connectivity index (χ3n) is 7.60. The molecule has 0 aromatic carbocycles. The predicted molar refractivity (Wildman–Crippen MR) is 137 cm³/mol. The molecule has 4 heterocycles. The van der Waals surface area contributed by atoms with Crippen molar-refractivity contribution >= 4 is 38.5 Å². The number of piperazine rings is 1. The lowest BCUT2D eigenvalue weighted by Crippen LogP contribution is -2.55. The summed E-state index contributed by atoms with van der Waals surface area (Å²) in [5.74, 6) is 0.0381. The summed E-state index contributed by atoms with van der Waals surface area (Å²) >= 11 is 0.302. The van der Waals surface area contributed by atoms with Gasteiger partial charge >= 0.3 is 6.18 Å². The highest BCUT2D eigenvalue weighted by Gasteiger charge is 2.51. The molecular formula is C23H24F3N9O3S2. The first kappa shape index (κ1) is 26.9. The van der Waals surface area contributed by atoms with Gasteiger partial charge in [-0.1, -0.05) is 11.3 Å². The maximum atomic E-state index is 13.4. The number of nitrogens with one attached hydrogen (secondary N) is 2. The number of hydrogen-bond donors (Lipinski definition) is 2. The van der Waals surface area contributed by atoms with Crippen LogP contribution in [-0.2, 0) is 21.0 Å². The van der Waals surface area contributed by atoms with Crippen LogP contribution in [-0.4, -0.2) is 83.1 Å². The van der Waals surface area contributed by atoms with E-state index in [2.05, 4.69) is 25.2 Å². The summed E-state index contributed by atoms with van der Waals surface area (Å²) in [4.78, 5) is 20.8. The number of sulfonamides is 1. The van der Waals surface area contributed by atoms with Crippen molar-refractivity contribution in [3.63, 3.8) is 0 Å². The second-order valence-corrected chi connectivity index (χ2v) is 12.9. The first-order chi connectivity index (χ1) is 18.9. The average molecular weight is 596 g/mol. The van der Waals surface area contributed by atoms with Gasteiger partial charge in [-0.3, -0.25) is 9.20 Å². The fourth-order valence-electron chi connectivity index (χ4n) is 4.87. The molecule has 2 saturated carbocycles. The van der Waals surface area contributed by atoms with E-state index < -0.39 is 32.3 Å². The Hall–Kier alpha value is -3.33. The second kappa shape index (κ2) is 9.09. The van der Waals surface area contributed by atoms with E-state index in [-0.39, 0.29) is 21.6 Å². The summed E-state index contributed by atoms with van der Waals surface area (Å²) in [6.45, 7) is 1.62. The van der Waals surface area contributed by atoms with Crippen molar-refractivity contribution in [1.29, 1.82) is 5.26 Å². The number of halogens is 3. The number of carbonyl (C=O) groups excluding carboxylic acids is 1. The minimum atomic E-state index is -4.69. The van der Waals surface area contributed by atoms with E-state index in [1.54, 1.807) is 11.9 Å². The Balaban J connectivity index is 1.38. The number of anilines is 1. The van der Waals surface area contributed by atoms with Crippen LogP contribution in [0, 0.1) is 11.3 Å². The van der Waals surface area contributed by atoms with E-state index in [0.29, 0.717) is 61.6 Å². The number of amides is 1. The molecule has 0 unspecified atom stereocenters. The van der Waals surface area contributed by atoms with Crippen LogP contribution in [0.25, 0.3) is 16.3 Å². The zero-order valence-electron chi connectivity index (χ0n) is 21.2. The molecule has 2 N–H and O–H groups in total. The Bertz CT molecular complexity index is 1640. The topological polar surface area (TPSA) is 149 Å². The van der Waals surface area contributed by atoms with Crippen molar-refractivity contribution in [2.75, 3.05) is 38.1 Å². The molecule has 0 radical (unpaired) electrons. The SMILES string of the molecule is CNC1(C(=O)N2CCN(c3cc(S(=O)(=O)NC4(C#N)CC4)cn4c(-c5nnc(C(F)(F)F)s5)ncc34)CC2)CC1. The van der Waals surface area contributed by atoms with Crippen LogP contribution < -0.4 is 14.9 Å². The first-order valence-corrected chi connectivity index (χ1v) is 14.8. The molecule has 17 heteroatoms. The summed E-state index contributed by atoms with van der Waals surface area (Å²) in [5, 5.41) is 18.1. The Morgan fingerprint density at radius 2 is 1.85 bits per heavy atom. The average Bonchev–Trinajstić information content (AvgIpc) is 3.78. The molecule has 2 aliphatic carbocycles.